The molecule has 0 saturated heterocycles. The van der Waals surface area contributed by atoms with Crippen molar-refractivity contribution in [3.63, 3.8) is 0 Å². The molecule has 14 heavy (non-hydrogen) atoms. The SMILES string of the molecule is CC(C)(C)n1nc(N)c2c1CSCC2. The minimum absolute atomic E-state index is 0.0413. The Balaban J connectivity index is 2.52. The molecule has 2 heterocycles. The van der Waals surface area contributed by atoms with Crippen LogP contribution in [0, 0.1) is 0 Å². The predicted octanol–water partition coefficient (Wildman–Crippen LogP) is 2.01. The molecule has 0 radical (unpaired) electrons. The molecule has 2 rings (SSSR count). The Hall–Kier alpha value is -0.640. The first kappa shape index (κ1) is 9.90. The summed E-state index contributed by atoms with van der Waals surface area (Å²) in [6.07, 6.45) is 1.07. The van der Waals surface area contributed by atoms with Crippen molar-refractivity contribution >= 4 is 17.6 Å². The predicted molar refractivity (Wildman–Crippen MR) is 61.5 cm³/mol. The largest absolute Gasteiger partial charge is 0.382 e. The number of anilines is 1. The summed E-state index contributed by atoms with van der Waals surface area (Å²) in [5, 5.41) is 4.44. The molecule has 4 heteroatoms. The van der Waals surface area contributed by atoms with E-state index in [0.717, 1.165) is 18.0 Å². The summed E-state index contributed by atoms with van der Waals surface area (Å²) in [6.45, 7) is 6.50. The monoisotopic (exact) mass is 211 g/mol. The molecule has 2 N–H and O–H groups in total. The summed E-state index contributed by atoms with van der Waals surface area (Å²) >= 11 is 1.96. The number of thioether (sulfide) groups is 1. The fourth-order valence-electron chi connectivity index (χ4n) is 1.82. The Kier molecular flexibility index (Phi) is 2.26. The third-order valence-electron chi connectivity index (χ3n) is 2.49. The molecule has 0 spiro atoms. The number of aromatic nitrogens is 2. The molecule has 78 valence electrons. The van der Waals surface area contributed by atoms with E-state index in [1.165, 1.54) is 17.0 Å². The van der Waals surface area contributed by atoms with Crippen LogP contribution in [0.4, 0.5) is 5.82 Å². The number of hydrogen-bond donors (Lipinski definition) is 1. The molecule has 1 aromatic heterocycles. The third kappa shape index (κ3) is 1.52. The second-order valence-corrected chi connectivity index (χ2v) is 5.80. The number of nitrogens with zero attached hydrogens (tertiary/aromatic N) is 2. The van der Waals surface area contributed by atoms with E-state index in [1.54, 1.807) is 0 Å². The molecule has 0 bridgehead atoms. The first-order chi connectivity index (χ1) is 6.50. The van der Waals surface area contributed by atoms with Gasteiger partial charge in [-0.15, -0.1) is 0 Å². The van der Waals surface area contributed by atoms with E-state index in [2.05, 4.69) is 30.6 Å². The number of nitrogens with two attached hydrogens (primary N) is 1. The van der Waals surface area contributed by atoms with Crippen LogP contribution in [-0.2, 0) is 17.7 Å². The molecule has 0 unspecified atom stereocenters. The van der Waals surface area contributed by atoms with Crippen LogP contribution in [0.3, 0.4) is 0 Å². The molecule has 0 fully saturated rings. The fraction of sp³-hybridized carbons (Fsp3) is 0.700. The quantitative estimate of drug-likeness (QED) is 0.714. The standard InChI is InChI=1S/C10H17N3S/c1-10(2,3)13-8-6-14-5-4-7(8)9(11)12-13/h4-6H2,1-3H3,(H2,11,12). The highest BCUT2D eigenvalue weighted by atomic mass is 32.2. The zero-order valence-electron chi connectivity index (χ0n) is 9.00. The summed E-state index contributed by atoms with van der Waals surface area (Å²) in [7, 11) is 0. The van der Waals surface area contributed by atoms with E-state index in [0.29, 0.717) is 0 Å². The Labute approximate surface area is 89.1 Å². The first-order valence-corrected chi connectivity index (χ1v) is 6.10. The van der Waals surface area contributed by atoms with Crippen LogP contribution in [0.15, 0.2) is 0 Å². The number of hydrogen-bond acceptors (Lipinski definition) is 3. The van der Waals surface area contributed by atoms with Crippen LogP contribution in [-0.4, -0.2) is 15.5 Å². The molecular weight excluding hydrogens is 194 g/mol. The highest BCUT2D eigenvalue weighted by Gasteiger charge is 2.25. The van der Waals surface area contributed by atoms with Gasteiger partial charge < -0.3 is 5.73 Å². The van der Waals surface area contributed by atoms with Gasteiger partial charge in [0.05, 0.1) is 11.2 Å². The number of rotatable bonds is 0. The van der Waals surface area contributed by atoms with Crippen LogP contribution >= 0.6 is 11.8 Å². The van der Waals surface area contributed by atoms with Crippen LogP contribution < -0.4 is 5.73 Å². The number of fused-ring (bicyclic) bond motifs is 1. The highest BCUT2D eigenvalue weighted by Crippen LogP contribution is 2.31. The minimum atomic E-state index is 0.0413. The van der Waals surface area contributed by atoms with E-state index < -0.39 is 0 Å². The van der Waals surface area contributed by atoms with Crippen molar-refractivity contribution in [2.24, 2.45) is 0 Å². The van der Waals surface area contributed by atoms with Crippen molar-refractivity contribution in [3.8, 4) is 0 Å². The number of nitrogen functional groups attached to an aromatic ring is 1. The Morgan fingerprint density at radius 3 is 2.79 bits per heavy atom. The van der Waals surface area contributed by atoms with E-state index in [9.17, 15) is 0 Å². The van der Waals surface area contributed by atoms with Crippen LogP contribution in [0.5, 0.6) is 0 Å². The van der Waals surface area contributed by atoms with Crippen molar-refractivity contribution in [1.29, 1.82) is 0 Å². The second-order valence-electron chi connectivity index (χ2n) is 4.70. The molecule has 1 aromatic rings. The van der Waals surface area contributed by atoms with Gasteiger partial charge in [-0.1, -0.05) is 0 Å². The van der Waals surface area contributed by atoms with Gasteiger partial charge in [0, 0.05) is 11.3 Å². The molecule has 1 aliphatic rings. The lowest BCUT2D eigenvalue weighted by atomic mass is 10.1. The van der Waals surface area contributed by atoms with E-state index in [-0.39, 0.29) is 5.54 Å². The molecule has 0 aliphatic carbocycles. The summed E-state index contributed by atoms with van der Waals surface area (Å²) in [5.41, 5.74) is 8.56. The van der Waals surface area contributed by atoms with Gasteiger partial charge in [0.25, 0.3) is 0 Å². The fourth-order valence-corrected chi connectivity index (χ4v) is 2.81. The minimum Gasteiger partial charge on any atom is -0.382 e. The van der Waals surface area contributed by atoms with Crippen LogP contribution in [0.1, 0.15) is 32.0 Å². The average Bonchev–Trinajstić information content (AvgIpc) is 2.44. The first-order valence-electron chi connectivity index (χ1n) is 4.94. The molecule has 0 saturated carbocycles. The van der Waals surface area contributed by atoms with Crippen molar-refractivity contribution in [2.75, 3.05) is 11.5 Å². The van der Waals surface area contributed by atoms with Crippen molar-refractivity contribution < 1.29 is 0 Å². The lowest BCUT2D eigenvalue weighted by Crippen LogP contribution is -2.26. The molecule has 0 aromatic carbocycles. The van der Waals surface area contributed by atoms with Gasteiger partial charge in [-0.25, -0.2) is 0 Å². The lowest BCUT2D eigenvalue weighted by Gasteiger charge is -2.24. The second kappa shape index (κ2) is 3.19. The van der Waals surface area contributed by atoms with Gasteiger partial charge in [-0.3, -0.25) is 4.68 Å². The maximum atomic E-state index is 5.92. The van der Waals surface area contributed by atoms with Gasteiger partial charge in [-0.05, 0) is 32.9 Å². The summed E-state index contributed by atoms with van der Waals surface area (Å²) in [6, 6.07) is 0. The summed E-state index contributed by atoms with van der Waals surface area (Å²) in [4.78, 5) is 0. The third-order valence-corrected chi connectivity index (χ3v) is 3.46. The summed E-state index contributed by atoms with van der Waals surface area (Å²) < 4.78 is 2.09. The smallest absolute Gasteiger partial charge is 0.149 e. The zero-order valence-corrected chi connectivity index (χ0v) is 9.82. The zero-order chi connectivity index (χ0) is 10.3. The topological polar surface area (TPSA) is 43.8 Å². The van der Waals surface area contributed by atoms with E-state index in [1.807, 2.05) is 11.8 Å². The maximum Gasteiger partial charge on any atom is 0.149 e. The van der Waals surface area contributed by atoms with Crippen molar-refractivity contribution in [3.05, 3.63) is 11.3 Å². The normalized spacial score (nSPS) is 16.8. The average molecular weight is 211 g/mol. The van der Waals surface area contributed by atoms with Gasteiger partial charge >= 0.3 is 0 Å². The summed E-state index contributed by atoms with van der Waals surface area (Å²) in [5.74, 6) is 2.96. The molecule has 0 atom stereocenters. The van der Waals surface area contributed by atoms with E-state index >= 15 is 0 Å². The maximum absolute atomic E-state index is 5.92. The Morgan fingerprint density at radius 1 is 1.43 bits per heavy atom. The lowest BCUT2D eigenvalue weighted by molar-refractivity contribution is 0.347. The molecule has 1 aliphatic heterocycles. The van der Waals surface area contributed by atoms with Crippen LogP contribution in [0.2, 0.25) is 0 Å². The van der Waals surface area contributed by atoms with Gasteiger partial charge in [0.1, 0.15) is 5.82 Å². The van der Waals surface area contributed by atoms with Gasteiger partial charge in [0.15, 0.2) is 0 Å². The van der Waals surface area contributed by atoms with Gasteiger partial charge in [0.2, 0.25) is 0 Å². The van der Waals surface area contributed by atoms with Gasteiger partial charge in [-0.2, -0.15) is 16.9 Å². The Bertz CT molecular complexity index is 349. The van der Waals surface area contributed by atoms with Crippen molar-refractivity contribution in [2.45, 2.75) is 38.5 Å². The highest BCUT2D eigenvalue weighted by molar-refractivity contribution is 7.98. The molecule has 0 amide bonds. The van der Waals surface area contributed by atoms with Crippen molar-refractivity contribution in [1.82, 2.24) is 9.78 Å². The van der Waals surface area contributed by atoms with Crippen LogP contribution in [0.25, 0.3) is 0 Å². The molecule has 3 nitrogen and oxygen atoms in total. The van der Waals surface area contributed by atoms with E-state index in [4.69, 9.17) is 5.73 Å². The molecular formula is C10H17N3S. The Morgan fingerprint density at radius 2 is 2.14 bits per heavy atom.